The lowest BCUT2D eigenvalue weighted by Gasteiger charge is -2.58. The molecule has 0 radical (unpaired) electrons. The van der Waals surface area contributed by atoms with E-state index in [1.165, 1.54) is 0 Å². The van der Waals surface area contributed by atoms with Crippen molar-refractivity contribution >= 4 is 17.5 Å². The van der Waals surface area contributed by atoms with Crippen molar-refractivity contribution in [2.24, 2.45) is 11.1 Å². The molecule has 1 aliphatic carbocycles. The van der Waals surface area contributed by atoms with Crippen LogP contribution in [0, 0.1) is 5.41 Å². The molecule has 1 aliphatic rings. The number of ether oxygens (including phenoxy) is 1. The number of amides is 1. The predicted octanol–water partition coefficient (Wildman–Crippen LogP) is 2.83. The van der Waals surface area contributed by atoms with Gasteiger partial charge in [0.1, 0.15) is 5.54 Å². The molecule has 0 aliphatic heterocycles. The number of rotatable bonds is 5. The van der Waals surface area contributed by atoms with E-state index in [4.69, 9.17) is 22.1 Å². The van der Waals surface area contributed by atoms with Gasteiger partial charge in [-0.15, -0.1) is 0 Å². The first kappa shape index (κ1) is 17.3. The minimum Gasteiger partial charge on any atom is -0.378 e. The molecule has 22 heavy (non-hydrogen) atoms. The highest BCUT2D eigenvalue weighted by molar-refractivity contribution is 6.30. The standard InChI is InChI=1S/C17H25ClN2O2/c1-5-22-14-10-17(19,16(14,2)3)15(21)20(4)11-12-7-6-8-13(18)9-12/h6-9,14H,5,10-11,19H2,1-4H3. The predicted molar refractivity (Wildman–Crippen MR) is 88.7 cm³/mol. The van der Waals surface area contributed by atoms with Gasteiger partial charge in [-0.3, -0.25) is 4.79 Å². The Bertz CT molecular complexity index is 561. The average molecular weight is 325 g/mol. The molecule has 1 saturated carbocycles. The molecule has 1 aromatic carbocycles. The molecule has 2 atom stereocenters. The minimum atomic E-state index is -0.875. The third-order valence-electron chi connectivity index (χ3n) is 4.87. The zero-order valence-corrected chi connectivity index (χ0v) is 14.5. The number of benzene rings is 1. The maximum atomic E-state index is 12.8. The van der Waals surface area contributed by atoms with Crippen molar-refractivity contribution in [1.29, 1.82) is 0 Å². The van der Waals surface area contributed by atoms with E-state index in [0.29, 0.717) is 24.6 Å². The van der Waals surface area contributed by atoms with Crippen LogP contribution in [0.1, 0.15) is 32.8 Å². The quantitative estimate of drug-likeness (QED) is 0.906. The molecule has 5 heteroatoms. The number of halogens is 1. The fraction of sp³-hybridized carbons (Fsp3) is 0.588. The highest BCUT2D eigenvalue weighted by Crippen LogP contribution is 2.50. The number of carbonyl (C=O) groups excluding carboxylic acids is 1. The van der Waals surface area contributed by atoms with Crippen LogP contribution in [0.4, 0.5) is 0 Å². The first-order chi connectivity index (χ1) is 10.2. The topological polar surface area (TPSA) is 55.6 Å². The smallest absolute Gasteiger partial charge is 0.243 e. The van der Waals surface area contributed by atoms with Crippen molar-refractivity contribution in [2.45, 2.75) is 45.4 Å². The van der Waals surface area contributed by atoms with Crippen molar-refractivity contribution in [1.82, 2.24) is 4.90 Å². The van der Waals surface area contributed by atoms with E-state index >= 15 is 0 Å². The second kappa shape index (κ2) is 6.19. The molecule has 1 aromatic rings. The van der Waals surface area contributed by atoms with Gasteiger partial charge in [-0.2, -0.15) is 0 Å². The second-order valence-corrected chi connectivity index (χ2v) is 7.07. The summed E-state index contributed by atoms with van der Waals surface area (Å²) in [4.78, 5) is 14.5. The fourth-order valence-corrected chi connectivity index (χ4v) is 3.33. The highest BCUT2D eigenvalue weighted by atomic mass is 35.5. The Kier molecular flexibility index (Phi) is 4.85. The van der Waals surface area contributed by atoms with Crippen molar-refractivity contribution in [3.8, 4) is 0 Å². The van der Waals surface area contributed by atoms with E-state index in [0.717, 1.165) is 5.56 Å². The molecule has 0 spiro atoms. The lowest BCUT2D eigenvalue weighted by molar-refractivity contribution is -0.178. The molecular formula is C17H25ClN2O2. The Morgan fingerprint density at radius 2 is 2.18 bits per heavy atom. The summed E-state index contributed by atoms with van der Waals surface area (Å²) in [5.74, 6) is -0.0478. The van der Waals surface area contributed by atoms with E-state index in [1.54, 1.807) is 11.9 Å². The van der Waals surface area contributed by atoms with Crippen LogP contribution in [0.15, 0.2) is 24.3 Å². The number of carbonyl (C=O) groups is 1. The van der Waals surface area contributed by atoms with Gasteiger partial charge in [0, 0.05) is 37.1 Å². The Morgan fingerprint density at radius 1 is 1.50 bits per heavy atom. The van der Waals surface area contributed by atoms with Gasteiger partial charge in [-0.25, -0.2) is 0 Å². The molecule has 0 heterocycles. The summed E-state index contributed by atoms with van der Waals surface area (Å²) in [6, 6.07) is 7.52. The van der Waals surface area contributed by atoms with Crippen molar-refractivity contribution in [3.05, 3.63) is 34.9 Å². The molecule has 0 bridgehead atoms. The van der Waals surface area contributed by atoms with Gasteiger partial charge in [0.25, 0.3) is 0 Å². The number of nitrogens with two attached hydrogens (primary N) is 1. The van der Waals surface area contributed by atoms with Crippen LogP contribution < -0.4 is 5.73 Å². The molecule has 4 nitrogen and oxygen atoms in total. The van der Waals surface area contributed by atoms with Crippen LogP contribution in [0.5, 0.6) is 0 Å². The molecule has 0 aromatic heterocycles. The van der Waals surface area contributed by atoms with E-state index in [-0.39, 0.29) is 17.4 Å². The van der Waals surface area contributed by atoms with Gasteiger partial charge >= 0.3 is 0 Å². The maximum absolute atomic E-state index is 12.8. The molecular weight excluding hydrogens is 300 g/mol. The molecule has 0 saturated heterocycles. The summed E-state index contributed by atoms with van der Waals surface area (Å²) in [7, 11) is 1.78. The van der Waals surface area contributed by atoms with Gasteiger partial charge in [0.05, 0.1) is 6.10 Å². The fourth-order valence-electron chi connectivity index (χ4n) is 3.12. The first-order valence-electron chi connectivity index (χ1n) is 7.63. The molecule has 1 amide bonds. The van der Waals surface area contributed by atoms with Gasteiger partial charge in [0.2, 0.25) is 5.91 Å². The van der Waals surface area contributed by atoms with Gasteiger partial charge in [-0.1, -0.05) is 37.6 Å². The summed E-state index contributed by atoms with van der Waals surface area (Å²) >= 11 is 5.99. The van der Waals surface area contributed by atoms with Crippen LogP contribution in [0.25, 0.3) is 0 Å². The number of likely N-dealkylation sites (N-methyl/N-ethyl adjacent to an activating group) is 1. The maximum Gasteiger partial charge on any atom is 0.243 e. The normalized spacial score (nSPS) is 26.4. The summed E-state index contributed by atoms with van der Waals surface area (Å²) in [6.45, 7) is 7.09. The summed E-state index contributed by atoms with van der Waals surface area (Å²) in [5, 5.41) is 0.668. The SMILES string of the molecule is CCOC1CC(N)(C(=O)N(C)Cc2cccc(Cl)c2)C1(C)C. The molecule has 122 valence electrons. The van der Waals surface area contributed by atoms with Crippen molar-refractivity contribution in [2.75, 3.05) is 13.7 Å². The van der Waals surface area contributed by atoms with Gasteiger partial charge < -0.3 is 15.4 Å². The lowest BCUT2D eigenvalue weighted by Crippen LogP contribution is -2.75. The number of nitrogens with zero attached hydrogens (tertiary/aromatic N) is 1. The van der Waals surface area contributed by atoms with E-state index in [1.807, 2.05) is 45.0 Å². The van der Waals surface area contributed by atoms with Crippen LogP contribution in [0.2, 0.25) is 5.02 Å². The zero-order chi connectivity index (χ0) is 16.5. The van der Waals surface area contributed by atoms with Gasteiger partial charge in [0.15, 0.2) is 0 Å². The van der Waals surface area contributed by atoms with E-state index < -0.39 is 5.54 Å². The second-order valence-electron chi connectivity index (χ2n) is 6.63. The van der Waals surface area contributed by atoms with E-state index in [9.17, 15) is 4.79 Å². The van der Waals surface area contributed by atoms with E-state index in [2.05, 4.69) is 0 Å². The highest BCUT2D eigenvalue weighted by Gasteiger charge is 2.63. The van der Waals surface area contributed by atoms with Crippen LogP contribution in [0.3, 0.4) is 0 Å². The molecule has 2 rings (SSSR count). The third-order valence-corrected chi connectivity index (χ3v) is 5.10. The van der Waals surface area contributed by atoms with Gasteiger partial charge in [-0.05, 0) is 24.6 Å². The Balaban J connectivity index is 2.08. The number of hydrogen-bond donors (Lipinski definition) is 1. The van der Waals surface area contributed by atoms with Crippen LogP contribution in [-0.4, -0.2) is 36.1 Å². The Hall–Kier alpha value is -1.10. The van der Waals surface area contributed by atoms with Crippen LogP contribution >= 0.6 is 11.6 Å². The third kappa shape index (κ3) is 2.87. The van der Waals surface area contributed by atoms with Crippen LogP contribution in [-0.2, 0) is 16.1 Å². The monoisotopic (exact) mass is 324 g/mol. The summed E-state index contributed by atoms with van der Waals surface area (Å²) in [6.07, 6.45) is 0.595. The minimum absolute atomic E-state index is 0.0334. The molecule has 2 unspecified atom stereocenters. The summed E-state index contributed by atoms with van der Waals surface area (Å²) < 4.78 is 5.68. The first-order valence-corrected chi connectivity index (χ1v) is 8.00. The largest absolute Gasteiger partial charge is 0.378 e. The summed E-state index contributed by atoms with van der Waals surface area (Å²) in [5.41, 5.74) is 6.18. The Labute approximate surface area is 137 Å². The average Bonchev–Trinajstić information content (AvgIpc) is 2.46. The molecule has 1 fully saturated rings. The zero-order valence-electron chi connectivity index (χ0n) is 13.7. The van der Waals surface area contributed by atoms with Crippen molar-refractivity contribution in [3.63, 3.8) is 0 Å². The number of hydrogen-bond acceptors (Lipinski definition) is 3. The lowest BCUT2D eigenvalue weighted by atomic mass is 9.54. The molecule has 2 N–H and O–H groups in total. The Morgan fingerprint density at radius 3 is 2.73 bits per heavy atom. The van der Waals surface area contributed by atoms with Crippen molar-refractivity contribution < 1.29 is 9.53 Å².